The standard InChI is InChI=1S/C12H17N5O2/c1-7(2)10-15-12(19-16-10)8(3)14-11(18)9-5-17(4)6-13-9/h5-8H,1-4H3,(H,14,18)/t8-/m0/s1. The van der Waals surface area contributed by atoms with E-state index in [2.05, 4.69) is 20.4 Å². The summed E-state index contributed by atoms with van der Waals surface area (Å²) in [6.45, 7) is 5.75. The molecule has 0 unspecified atom stereocenters. The van der Waals surface area contributed by atoms with Crippen LogP contribution in [0.25, 0.3) is 0 Å². The summed E-state index contributed by atoms with van der Waals surface area (Å²) in [5.74, 6) is 0.954. The fourth-order valence-electron chi connectivity index (χ4n) is 1.52. The highest BCUT2D eigenvalue weighted by Gasteiger charge is 2.19. The second-order valence-corrected chi connectivity index (χ2v) is 4.77. The maximum absolute atomic E-state index is 11.9. The molecule has 0 aromatic carbocycles. The van der Waals surface area contributed by atoms with E-state index in [1.807, 2.05) is 13.8 Å². The van der Waals surface area contributed by atoms with Gasteiger partial charge in [0.05, 0.1) is 6.33 Å². The molecule has 2 rings (SSSR count). The second-order valence-electron chi connectivity index (χ2n) is 4.77. The lowest BCUT2D eigenvalue weighted by Gasteiger charge is -2.07. The van der Waals surface area contributed by atoms with Crippen molar-refractivity contribution in [1.82, 2.24) is 25.0 Å². The molecule has 0 saturated heterocycles. The number of imidazole rings is 1. The number of aryl methyl sites for hydroxylation is 1. The van der Waals surface area contributed by atoms with E-state index in [1.54, 1.807) is 31.1 Å². The van der Waals surface area contributed by atoms with Crippen molar-refractivity contribution in [3.63, 3.8) is 0 Å². The van der Waals surface area contributed by atoms with Gasteiger partial charge in [-0.15, -0.1) is 0 Å². The summed E-state index contributed by atoms with van der Waals surface area (Å²) in [4.78, 5) is 20.1. The highest BCUT2D eigenvalue weighted by atomic mass is 16.5. The van der Waals surface area contributed by atoms with Gasteiger partial charge in [-0.1, -0.05) is 19.0 Å². The number of rotatable bonds is 4. The number of hydrogen-bond acceptors (Lipinski definition) is 5. The van der Waals surface area contributed by atoms with E-state index >= 15 is 0 Å². The minimum atomic E-state index is -0.352. The van der Waals surface area contributed by atoms with Gasteiger partial charge in [-0.25, -0.2) is 4.98 Å². The number of nitrogens with one attached hydrogen (secondary N) is 1. The predicted molar refractivity (Wildman–Crippen MR) is 67.5 cm³/mol. The lowest BCUT2D eigenvalue weighted by molar-refractivity contribution is 0.0928. The van der Waals surface area contributed by atoms with Gasteiger partial charge in [0.1, 0.15) is 11.7 Å². The monoisotopic (exact) mass is 263 g/mol. The van der Waals surface area contributed by atoms with Crippen LogP contribution in [-0.2, 0) is 7.05 Å². The molecule has 2 aromatic rings. The minimum Gasteiger partial charge on any atom is -0.340 e. The summed E-state index contributed by atoms with van der Waals surface area (Å²) < 4.78 is 6.84. The van der Waals surface area contributed by atoms with Gasteiger partial charge in [0, 0.05) is 19.2 Å². The number of carbonyl (C=O) groups is 1. The molecule has 19 heavy (non-hydrogen) atoms. The third-order valence-corrected chi connectivity index (χ3v) is 2.63. The molecule has 102 valence electrons. The maximum Gasteiger partial charge on any atom is 0.272 e. The predicted octanol–water partition coefficient (Wildman–Crippen LogP) is 1.42. The van der Waals surface area contributed by atoms with Crippen LogP contribution in [0.2, 0.25) is 0 Å². The van der Waals surface area contributed by atoms with Gasteiger partial charge in [-0.05, 0) is 6.92 Å². The van der Waals surface area contributed by atoms with Crippen LogP contribution in [0.1, 0.15) is 54.9 Å². The molecule has 0 spiro atoms. The summed E-state index contributed by atoms with van der Waals surface area (Å²) in [5, 5.41) is 6.63. The Balaban J connectivity index is 2.04. The molecule has 0 bridgehead atoms. The first-order valence-corrected chi connectivity index (χ1v) is 6.09. The van der Waals surface area contributed by atoms with Crippen LogP contribution >= 0.6 is 0 Å². The van der Waals surface area contributed by atoms with Crippen molar-refractivity contribution in [3.05, 3.63) is 29.9 Å². The number of carbonyl (C=O) groups excluding carboxylic acids is 1. The summed E-state index contributed by atoms with van der Waals surface area (Å²) in [5.41, 5.74) is 0.359. The molecule has 0 radical (unpaired) electrons. The van der Waals surface area contributed by atoms with E-state index in [4.69, 9.17) is 4.52 Å². The van der Waals surface area contributed by atoms with E-state index < -0.39 is 0 Å². The van der Waals surface area contributed by atoms with Crippen molar-refractivity contribution < 1.29 is 9.32 Å². The molecule has 2 aromatic heterocycles. The van der Waals surface area contributed by atoms with Gasteiger partial charge in [0.15, 0.2) is 5.82 Å². The number of aromatic nitrogens is 4. The molecule has 1 N–H and O–H groups in total. The molecule has 1 atom stereocenters. The fourth-order valence-corrected chi connectivity index (χ4v) is 1.52. The highest BCUT2D eigenvalue weighted by Crippen LogP contribution is 2.15. The Labute approximate surface area is 111 Å². The fraction of sp³-hybridized carbons (Fsp3) is 0.500. The van der Waals surface area contributed by atoms with Crippen LogP contribution in [0.5, 0.6) is 0 Å². The van der Waals surface area contributed by atoms with Gasteiger partial charge in [-0.2, -0.15) is 4.98 Å². The smallest absolute Gasteiger partial charge is 0.272 e. The van der Waals surface area contributed by atoms with Crippen molar-refractivity contribution in [2.24, 2.45) is 7.05 Å². The summed E-state index contributed by atoms with van der Waals surface area (Å²) in [6.07, 6.45) is 3.22. The van der Waals surface area contributed by atoms with E-state index in [9.17, 15) is 4.79 Å². The number of amides is 1. The lowest BCUT2D eigenvalue weighted by Crippen LogP contribution is -2.27. The van der Waals surface area contributed by atoms with Crippen LogP contribution in [0, 0.1) is 0 Å². The summed E-state index contributed by atoms with van der Waals surface area (Å²) in [6, 6.07) is -0.352. The number of hydrogen-bond donors (Lipinski definition) is 1. The third kappa shape index (κ3) is 2.98. The van der Waals surface area contributed by atoms with E-state index in [1.165, 1.54) is 0 Å². The molecule has 0 aliphatic rings. The minimum absolute atomic E-state index is 0.191. The maximum atomic E-state index is 11.9. The lowest BCUT2D eigenvalue weighted by atomic mass is 10.2. The van der Waals surface area contributed by atoms with Gasteiger partial charge >= 0.3 is 0 Å². The van der Waals surface area contributed by atoms with Crippen LogP contribution < -0.4 is 5.32 Å². The van der Waals surface area contributed by atoms with Crippen molar-refractivity contribution in [3.8, 4) is 0 Å². The molecule has 1 amide bonds. The van der Waals surface area contributed by atoms with Gasteiger partial charge in [0.2, 0.25) is 5.89 Å². The van der Waals surface area contributed by atoms with Crippen LogP contribution in [-0.4, -0.2) is 25.6 Å². The van der Waals surface area contributed by atoms with E-state index in [-0.39, 0.29) is 17.9 Å². The van der Waals surface area contributed by atoms with Crippen molar-refractivity contribution in [2.45, 2.75) is 32.7 Å². The molecule has 7 heteroatoms. The molecule has 0 saturated carbocycles. The topological polar surface area (TPSA) is 85.8 Å². The van der Waals surface area contributed by atoms with Crippen molar-refractivity contribution >= 4 is 5.91 Å². The molecular weight excluding hydrogens is 246 g/mol. The van der Waals surface area contributed by atoms with Crippen LogP contribution in [0.3, 0.4) is 0 Å². The summed E-state index contributed by atoms with van der Waals surface area (Å²) >= 11 is 0. The molecule has 0 fully saturated rings. The SMILES string of the molecule is CC(C)c1noc([C@H](C)NC(=O)c2cn(C)cn2)n1. The van der Waals surface area contributed by atoms with E-state index in [0.717, 1.165) is 0 Å². The van der Waals surface area contributed by atoms with Gasteiger partial charge < -0.3 is 14.4 Å². The molecular formula is C12H17N5O2. The normalized spacial score (nSPS) is 12.7. The Kier molecular flexibility index (Phi) is 3.64. The first-order chi connectivity index (χ1) is 8.97. The van der Waals surface area contributed by atoms with Crippen LogP contribution in [0.15, 0.2) is 17.0 Å². The Morgan fingerprint density at radius 3 is 2.68 bits per heavy atom. The largest absolute Gasteiger partial charge is 0.340 e. The Morgan fingerprint density at radius 2 is 2.16 bits per heavy atom. The molecule has 2 heterocycles. The second kappa shape index (κ2) is 5.21. The molecule has 0 aliphatic carbocycles. The van der Waals surface area contributed by atoms with E-state index in [0.29, 0.717) is 17.4 Å². The van der Waals surface area contributed by atoms with Crippen molar-refractivity contribution in [1.29, 1.82) is 0 Å². The van der Waals surface area contributed by atoms with Gasteiger partial charge in [-0.3, -0.25) is 4.79 Å². The van der Waals surface area contributed by atoms with Crippen LogP contribution in [0.4, 0.5) is 0 Å². The zero-order valence-electron chi connectivity index (χ0n) is 11.4. The first kappa shape index (κ1) is 13.3. The average molecular weight is 263 g/mol. The Hall–Kier alpha value is -2.18. The molecule has 0 aliphatic heterocycles. The average Bonchev–Trinajstić information content (AvgIpc) is 2.96. The zero-order valence-corrected chi connectivity index (χ0v) is 11.4. The third-order valence-electron chi connectivity index (χ3n) is 2.63. The highest BCUT2D eigenvalue weighted by molar-refractivity contribution is 5.92. The quantitative estimate of drug-likeness (QED) is 0.901. The first-order valence-electron chi connectivity index (χ1n) is 6.09. The molecule has 7 nitrogen and oxygen atoms in total. The van der Waals surface area contributed by atoms with Gasteiger partial charge in [0.25, 0.3) is 5.91 Å². The Bertz CT molecular complexity index is 572. The Morgan fingerprint density at radius 1 is 1.42 bits per heavy atom. The number of nitrogens with zero attached hydrogens (tertiary/aromatic N) is 4. The van der Waals surface area contributed by atoms with Crippen molar-refractivity contribution in [2.75, 3.05) is 0 Å². The summed E-state index contributed by atoms with van der Waals surface area (Å²) in [7, 11) is 1.81. The zero-order chi connectivity index (χ0) is 14.0.